The molecule has 0 heterocycles. The largest absolute Gasteiger partial charge is 0.478 e. The Morgan fingerprint density at radius 3 is 2.52 bits per heavy atom. The minimum atomic E-state index is -1.26. The zero-order valence-corrected chi connectivity index (χ0v) is 11.6. The summed E-state index contributed by atoms with van der Waals surface area (Å²) in [5.41, 5.74) is -0.381. The molecule has 8 heteroatoms. The lowest BCUT2D eigenvalue weighted by atomic mass is 10.2. The van der Waals surface area contributed by atoms with Crippen LogP contribution in [0.4, 0.5) is 14.9 Å². The van der Waals surface area contributed by atoms with Gasteiger partial charge >= 0.3 is 12.0 Å². The van der Waals surface area contributed by atoms with Gasteiger partial charge in [0, 0.05) is 13.6 Å². The van der Waals surface area contributed by atoms with Gasteiger partial charge in [0.15, 0.2) is 0 Å². The fourth-order valence-corrected chi connectivity index (χ4v) is 1.50. The van der Waals surface area contributed by atoms with Crippen molar-refractivity contribution < 1.29 is 23.9 Å². The molecule has 3 amide bonds. The number of amides is 3. The predicted molar refractivity (Wildman–Crippen MR) is 73.7 cm³/mol. The molecular weight excluding hydrogens is 281 g/mol. The van der Waals surface area contributed by atoms with E-state index in [9.17, 15) is 18.8 Å². The molecule has 0 saturated carbocycles. The van der Waals surface area contributed by atoms with Crippen LogP contribution in [0.2, 0.25) is 0 Å². The van der Waals surface area contributed by atoms with Gasteiger partial charge in [0.1, 0.15) is 12.4 Å². The first kappa shape index (κ1) is 16.4. The molecule has 1 rings (SSSR count). The Morgan fingerprint density at radius 2 is 2.00 bits per heavy atom. The van der Waals surface area contributed by atoms with Crippen molar-refractivity contribution in [3.8, 4) is 0 Å². The van der Waals surface area contributed by atoms with Crippen molar-refractivity contribution in [2.75, 3.05) is 25.5 Å². The van der Waals surface area contributed by atoms with E-state index >= 15 is 0 Å². The number of nitrogens with one attached hydrogen (secondary N) is 2. The molecule has 1 aromatic rings. The number of carboxylic acid groups (broad SMARTS) is 1. The number of nitrogens with zero attached hydrogens (tertiary/aromatic N) is 1. The minimum absolute atomic E-state index is 0.159. The number of halogens is 1. The van der Waals surface area contributed by atoms with Gasteiger partial charge in [0.25, 0.3) is 0 Å². The van der Waals surface area contributed by atoms with E-state index in [1.54, 1.807) is 6.92 Å². The SMILES string of the molecule is CCNC(=O)CN(C)C(=O)Nc1ccc(C(=O)O)cc1F. The lowest BCUT2D eigenvalue weighted by Crippen LogP contribution is -2.40. The van der Waals surface area contributed by atoms with Crippen LogP contribution in [0.5, 0.6) is 0 Å². The molecule has 0 aliphatic heterocycles. The number of carbonyl (C=O) groups is 3. The molecule has 0 radical (unpaired) electrons. The Bertz CT molecular complexity index is 562. The quantitative estimate of drug-likeness (QED) is 0.758. The van der Waals surface area contributed by atoms with Crippen LogP contribution < -0.4 is 10.6 Å². The van der Waals surface area contributed by atoms with Gasteiger partial charge in [0.05, 0.1) is 11.3 Å². The Balaban J connectivity index is 2.70. The van der Waals surface area contributed by atoms with Crippen molar-refractivity contribution in [3.63, 3.8) is 0 Å². The number of benzene rings is 1. The molecule has 0 saturated heterocycles. The molecule has 0 fully saturated rings. The maximum Gasteiger partial charge on any atom is 0.335 e. The van der Waals surface area contributed by atoms with Gasteiger partial charge in [-0.3, -0.25) is 4.79 Å². The molecule has 0 unspecified atom stereocenters. The average Bonchev–Trinajstić information content (AvgIpc) is 2.40. The number of carbonyl (C=O) groups excluding carboxylic acids is 2. The van der Waals surface area contributed by atoms with Gasteiger partial charge < -0.3 is 20.6 Å². The first-order valence-electron chi connectivity index (χ1n) is 6.16. The second-order valence-electron chi connectivity index (χ2n) is 4.24. The molecule has 0 atom stereocenters. The topological polar surface area (TPSA) is 98.7 Å². The van der Waals surface area contributed by atoms with Crippen LogP contribution in [-0.2, 0) is 4.79 Å². The van der Waals surface area contributed by atoms with Gasteiger partial charge in [-0.25, -0.2) is 14.0 Å². The standard InChI is InChI=1S/C13H16FN3O4/c1-3-15-11(18)7-17(2)13(21)16-10-5-4-8(12(19)20)6-9(10)14/h4-6H,3,7H2,1-2H3,(H,15,18)(H,16,21)(H,19,20). The fourth-order valence-electron chi connectivity index (χ4n) is 1.50. The summed E-state index contributed by atoms with van der Waals surface area (Å²) in [6.07, 6.45) is 0. The number of hydrogen-bond acceptors (Lipinski definition) is 3. The van der Waals surface area contributed by atoms with Crippen LogP contribution in [0.3, 0.4) is 0 Å². The lowest BCUT2D eigenvalue weighted by Gasteiger charge is -2.17. The maximum atomic E-state index is 13.6. The Labute approximate surface area is 120 Å². The molecule has 114 valence electrons. The lowest BCUT2D eigenvalue weighted by molar-refractivity contribution is -0.121. The van der Waals surface area contributed by atoms with Crippen LogP contribution >= 0.6 is 0 Å². The fraction of sp³-hybridized carbons (Fsp3) is 0.308. The predicted octanol–water partition coefficient (Wildman–Crippen LogP) is 1.12. The zero-order chi connectivity index (χ0) is 16.0. The smallest absolute Gasteiger partial charge is 0.335 e. The molecule has 3 N–H and O–H groups in total. The molecule has 0 spiro atoms. The number of likely N-dealkylation sites (N-methyl/N-ethyl adjacent to an activating group) is 2. The molecule has 7 nitrogen and oxygen atoms in total. The number of rotatable bonds is 5. The monoisotopic (exact) mass is 297 g/mol. The van der Waals surface area contributed by atoms with E-state index in [0.29, 0.717) is 6.54 Å². The van der Waals surface area contributed by atoms with Crippen molar-refractivity contribution in [1.29, 1.82) is 0 Å². The summed E-state index contributed by atoms with van der Waals surface area (Å²) in [6, 6.07) is 2.45. The van der Waals surface area contributed by atoms with Crippen LogP contribution in [-0.4, -0.2) is 48.1 Å². The third-order valence-electron chi connectivity index (χ3n) is 2.56. The molecule has 0 bridgehead atoms. The van der Waals surface area contributed by atoms with Gasteiger partial charge in [-0.05, 0) is 25.1 Å². The maximum absolute atomic E-state index is 13.6. The number of carboxylic acids is 1. The van der Waals surface area contributed by atoms with Crippen molar-refractivity contribution in [3.05, 3.63) is 29.6 Å². The first-order chi connectivity index (χ1) is 9.85. The zero-order valence-electron chi connectivity index (χ0n) is 11.6. The van der Waals surface area contributed by atoms with Crippen LogP contribution in [0, 0.1) is 5.82 Å². The Kier molecular flexibility index (Phi) is 5.65. The van der Waals surface area contributed by atoms with Gasteiger partial charge in [-0.1, -0.05) is 0 Å². The number of anilines is 1. The number of hydrogen-bond donors (Lipinski definition) is 3. The minimum Gasteiger partial charge on any atom is -0.478 e. The normalized spacial score (nSPS) is 9.86. The number of urea groups is 1. The van der Waals surface area contributed by atoms with Crippen molar-refractivity contribution in [2.24, 2.45) is 0 Å². The highest BCUT2D eigenvalue weighted by Crippen LogP contribution is 2.16. The second-order valence-corrected chi connectivity index (χ2v) is 4.24. The molecule has 0 aromatic heterocycles. The Morgan fingerprint density at radius 1 is 1.33 bits per heavy atom. The van der Waals surface area contributed by atoms with E-state index in [2.05, 4.69) is 10.6 Å². The summed E-state index contributed by atoms with van der Waals surface area (Å²) < 4.78 is 13.6. The van der Waals surface area contributed by atoms with Crippen LogP contribution in [0.15, 0.2) is 18.2 Å². The summed E-state index contributed by atoms with van der Waals surface area (Å²) in [6.45, 7) is 2.02. The summed E-state index contributed by atoms with van der Waals surface area (Å²) >= 11 is 0. The van der Waals surface area contributed by atoms with E-state index in [-0.39, 0.29) is 23.7 Å². The van der Waals surface area contributed by atoms with E-state index in [0.717, 1.165) is 17.0 Å². The number of aromatic carboxylic acids is 1. The second kappa shape index (κ2) is 7.22. The summed E-state index contributed by atoms with van der Waals surface area (Å²) in [5, 5.41) is 13.5. The summed E-state index contributed by atoms with van der Waals surface area (Å²) in [5.74, 6) is -2.47. The summed E-state index contributed by atoms with van der Waals surface area (Å²) in [7, 11) is 1.38. The third kappa shape index (κ3) is 4.75. The van der Waals surface area contributed by atoms with Gasteiger partial charge in [-0.15, -0.1) is 0 Å². The van der Waals surface area contributed by atoms with Gasteiger partial charge in [0.2, 0.25) is 5.91 Å². The molecule has 0 aliphatic rings. The van der Waals surface area contributed by atoms with Crippen LogP contribution in [0.1, 0.15) is 17.3 Å². The summed E-state index contributed by atoms with van der Waals surface area (Å²) in [4.78, 5) is 34.8. The van der Waals surface area contributed by atoms with E-state index in [4.69, 9.17) is 5.11 Å². The highest BCUT2D eigenvalue weighted by Gasteiger charge is 2.15. The highest BCUT2D eigenvalue weighted by atomic mass is 19.1. The molecule has 1 aromatic carbocycles. The van der Waals surface area contributed by atoms with Crippen LogP contribution in [0.25, 0.3) is 0 Å². The average molecular weight is 297 g/mol. The van der Waals surface area contributed by atoms with Crippen molar-refractivity contribution >= 4 is 23.6 Å². The van der Waals surface area contributed by atoms with Gasteiger partial charge in [-0.2, -0.15) is 0 Å². The first-order valence-corrected chi connectivity index (χ1v) is 6.16. The Hall–Kier alpha value is -2.64. The van der Waals surface area contributed by atoms with Crippen molar-refractivity contribution in [1.82, 2.24) is 10.2 Å². The molecule has 21 heavy (non-hydrogen) atoms. The van der Waals surface area contributed by atoms with Crippen molar-refractivity contribution in [2.45, 2.75) is 6.92 Å². The van der Waals surface area contributed by atoms with E-state index in [1.165, 1.54) is 13.1 Å². The van der Waals surface area contributed by atoms with E-state index in [1.807, 2.05) is 0 Å². The van der Waals surface area contributed by atoms with E-state index < -0.39 is 17.8 Å². The molecular formula is C13H16FN3O4. The molecule has 0 aliphatic carbocycles. The third-order valence-corrected chi connectivity index (χ3v) is 2.56. The highest BCUT2D eigenvalue weighted by molar-refractivity contribution is 5.93.